The van der Waals surface area contributed by atoms with Crippen LogP contribution in [0.1, 0.15) is 33.8 Å². The van der Waals surface area contributed by atoms with Gasteiger partial charge in [0.25, 0.3) is 0 Å². The minimum Gasteiger partial charge on any atom is -0.469 e. The predicted octanol–water partition coefficient (Wildman–Crippen LogP) is 3.46. The fourth-order valence-corrected chi connectivity index (χ4v) is 3.09. The van der Waals surface area contributed by atoms with E-state index in [9.17, 15) is 4.79 Å². The number of esters is 1. The lowest BCUT2D eigenvalue weighted by Gasteiger charge is -2.02. The Labute approximate surface area is 123 Å². The summed E-state index contributed by atoms with van der Waals surface area (Å²) in [5.41, 5.74) is 4.82. The predicted molar refractivity (Wildman–Crippen MR) is 81.2 cm³/mol. The summed E-state index contributed by atoms with van der Waals surface area (Å²) >= 11 is 1.65. The third-order valence-corrected chi connectivity index (χ3v) is 3.95. The average Bonchev–Trinajstić information content (AvgIpc) is 2.82. The van der Waals surface area contributed by atoms with Crippen LogP contribution in [0.2, 0.25) is 0 Å². The molecule has 1 aromatic carbocycles. The Morgan fingerprint density at radius 2 is 1.95 bits per heavy atom. The number of rotatable bonds is 5. The number of aryl methyl sites for hydroxylation is 3. The van der Waals surface area contributed by atoms with Gasteiger partial charge in [-0.2, -0.15) is 0 Å². The molecule has 0 fully saturated rings. The third kappa shape index (κ3) is 4.17. The molecule has 2 aromatic rings. The zero-order chi connectivity index (χ0) is 14.5. The molecule has 2 rings (SSSR count). The van der Waals surface area contributed by atoms with E-state index in [1.54, 1.807) is 11.3 Å². The van der Waals surface area contributed by atoms with Crippen LogP contribution in [-0.4, -0.2) is 18.1 Å². The Morgan fingerprint density at radius 1 is 1.25 bits per heavy atom. The number of carbonyl (C=O) groups excluding carboxylic acids is 1. The highest BCUT2D eigenvalue weighted by Gasteiger charge is 2.07. The minimum atomic E-state index is -0.186. The van der Waals surface area contributed by atoms with Gasteiger partial charge in [0.05, 0.1) is 24.2 Å². The largest absolute Gasteiger partial charge is 0.469 e. The Morgan fingerprint density at radius 3 is 2.60 bits per heavy atom. The van der Waals surface area contributed by atoms with E-state index in [0.29, 0.717) is 12.8 Å². The summed E-state index contributed by atoms with van der Waals surface area (Å²) in [5, 5.41) is 3.12. The van der Waals surface area contributed by atoms with Gasteiger partial charge in [0, 0.05) is 18.2 Å². The Kier molecular flexibility index (Phi) is 4.90. The molecule has 0 spiro atoms. The molecule has 4 heteroatoms. The molecule has 0 aliphatic heterocycles. The van der Waals surface area contributed by atoms with Gasteiger partial charge in [-0.15, -0.1) is 11.3 Å². The molecule has 0 aliphatic carbocycles. The van der Waals surface area contributed by atoms with Crippen LogP contribution in [-0.2, 0) is 22.4 Å². The van der Waals surface area contributed by atoms with Gasteiger partial charge < -0.3 is 4.74 Å². The van der Waals surface area contributed by atoms with Crippen LogP contribution in [0.15, 0.2) is 23.6 Å². The second-order valence-corrected chi connectivity index (χ2v) is 5.92. The van der Waals surface area contributed by atoms with Gasteiger partial charge in [0.15, 0.2) is 0 Å². The summed E-state index contributed by atoms with van der Waals surface area (Å²) in [4.78, 5) is 15.7. The second-order valence-electron chi connectivity index (χ2n) is 4.98. The summed E-state index contributed by atoms with van der Waals surface area (Å²) in [5.74, 6) is -0.186. The van der Waals surface area contributed by atoms with Crippen molar-refractivity contribution >= 4 is 17.3 Å². The van der Waals surface area contributed by atoms with Crippen LogP contribution < -0.4 is 0 Å². The number of hydrogen-bond acceptors (Lipinski definition) is 4. The second kappa shape index (κ2) is 6.66. The molecule has 0 saturated carbocycles. The van der Waals surface area contributed by atoms with Crippen molar-refractivity contribution in [2.45, 2.75) is 33.1 Å². The highest BCUT2D eigenvalue weighted by atomic mass is 32.1. The van der Waals surface area contributed by atoms with Crippen molar-refractivity contribution in [3.8, 4) is 0 Å². The van der Waals surface area contributed by atoms with Crippen LogP contribution in [0.3, 0.4) is 0 Å². The fourth-order valence-electron chi connectivity index (χ4n) is 2.22. The normalized spacial score (nSPS) is 10.6. The van der Waals surface area contributed by atoms with Crippen molar-refractivity contribution in [1.29, 1.82) is 0 Å². The molecule has 3 nitrogen and oxygen atoms in total. The van der Waals surface area contributed by atoms with E-state index >= 15 is 0 Å². The van der Waals surface area contributed by atoms with E-state index in [1.807, 2.05) is 5.38 Å². The molecule has 0 radical (unpaired) electrons. The van der Waals surface area contributed by atoms with E-state index in [2.05, 4.69) is 41.8 Å². The highest BCUT2D eigenvalue weighted by Crippen LogP contribution is 2.18. The van der Waals surface area contributed by atoms with E-state index < -0.39 is 0 Å². The van der Waals surface area contributed by atoms with Crippen molar-refractivity contribution in [3.05, 3.63) is 51.0 Å². The Bertz CT molecular complexity index is 584. The molecule has 0 N–H and O–H groups in total. The number of aromatic nitrogens is 1. The highest BCUT2D eigenvalue weighted by molar-refractivity contribution is 7.09. The number of ether oxygens (including phenoxy) is 1. The number of nitrogens with zero attached hydrogens (tertiary/aromatic N) is 1. The SMILES string of the molecule is COC(=O)CCc1csc(Cc2cc(C)cc(C)c2)n1. The summed E-state index contributed by atoms with van der Waals surface area (Å²) in [6.45, 7) is 4.22. The van der Waals surface area contributed by atoms with Crippen molar-refractivity contribution < 1.29 is 9.53 Å². The number of methoxy groups -OCH3 is 1. The van der Waals surface area contributed by atoms with Crippen LogP contribution >= 0.6 is 11.3 Å². The zero-order valence-corrected chi connectivity index (χ0v) is 12.9. The van der Waals surface area contributed by atoms with Crippen molar-refractivity contribution in [2.75, 3.05) is 7.11 Å². The smallest absolute Gasteiger partial charge is 0.305 e. The molecule has 0 unspecified atom stereocenters. The molecule has 0 saturated heterocycles. The molecule has 20 heavy (non-hydrogen) atoms. The van der Waals surface area contributed by atoms with Crippen LogP contribution in [0.4, 0.5) is 0 Å². The van der Waals surface area contributed by atoms with Crippen LogP contribution in [0.25, 0.3) is 0 Å². The van der Waals surface area contributed by atoms with Gasteiger partial charge in [0.2, 0.25) is 0 Å². The Balaban J connectivity index is 2.00. The lowest BCUT2D eigenvalue weighted by atomic mass is 10.1. The number of hydrogen-bond donors (Lipinski definition) is 0. The molecule has 0 bridgehead atoms. The molecular weight excluding hydrogens is 270 g/mol. The lowest BCUT2D eigenvalue weighted by Crippen LogP contribution is -2.02. The van der Waals surface area contributed by atoms with E-state index in [-0.39, 0.29) is 5.97 Å². The quantitative estimate of drug-likeness (QED) is 0.791. The van der Waals surface area contributed by atoms with Gasteiger partial charge in [-0.05, 0) is 19.4 Å². The first kappa shape index (κ1) is 14.7. The van der Waals surface area contributed by atoms with Crippen LogP contribution in [0.5, 0.6) is 0 Å². The molecule has 1 aromatic heterocycles. The van der Waals surface area contributed by atoms with Crippen molar-refractivity contribution in [3.63, 3.8) is 0 Å². The fraction of sp³-hybridized carbons (Fsp3) is 0.375. The maximum absolute atomic E-state index is 11.1. The molecule has 0 aliphatic rings. The summed E-state index contributed by atoms with van der Waals surface area (Å²) < 4.78 is 4.64. The molecule has 1 heterocycles. The van der Waals surface area contributed by atoms with E-state index in [4.69, 9.17) is 0 Å². The number of thiazole rings is 1. The first-order chi connectivity index (χ1) is 9.56. The van der Waals surface area contributed by atoms with Gasteiger partial charge in [0.1, 0.15) is 0 Å². The van der Waals surface area contributed by atoms with Gasteiger partial charge >= 0.3 is 5.97 Å². The monoisotopic (exact) mass is 289 g/mol. The maximum atomic E-state index is 11.1. The Hall–Kier alpha value is -1.68. The zero-order valence-electron chi connectivity index (χ0n) is 12.1. The maximum Gasteiger partial charge on any atom is 0.305 e. The van der Waals surface area contributed by atoms with E-state index in [1.165, 1.54) is 23.8 Å². The topological polar surface area (TPSA) is 39.2 Å². The standard InChI is InChI=1S/C16H19NO2S/c1-11-6-12(2)8-13(7-11)9-15-17-14(10-20-15)4-5-16(18)19-3/h6-8,10H,4-5,9H2,1-3H3. The molecular formula is C16H19NO2S. The van der Waals surface area contributed by atoms with E-state index in [0.717, 1.165) is 17.1 Å². The van der Waals surface area contributed by atoms with Gasteiger partial charge in [-0.3, -0.25) is 4.79 Å². The summed E-state index contributed by atoms with van der Waals surface area (Å²) in [6, 6.07) is 6.57. The molecule has 0 amide bonds. The first-order valence-corrected chi connectivity index (χ1v) is 7.52. The molecule has 106 valence electrons. The summed E-state index contributed by atoms with van der Waals surface area (Å²) in [6.07, 6.45) is 1.89. The van der Waals surface area contributed by atoms with Crippen molar-refractivity contribution in [2.24, 2.45) is 0 Å². The average molecular weight is 289 g/mol. The van der Waals surface area contributed by atoms with Crippen molar-refractivity contribution in [1.82, 2.24) is 4.98 Å². The van der Waals surface area contributed by atoms with Gasteiger partial charge in [-0.25, -0.2) is 4.98 Å². The first-order valence-electron chi connectivity index (χ1n) is 6.64. The molecule has 0 atom stereocenters. The number of benzene rings is 1. The number of carbonyl (C=O) groups is 1. The minimum absolute atomic E-state index is 0.186. The van der Waals surface area contributed by atoms with Crippen LogP contribution in [0, 0.1) is 13.8 Å². The lowest BCUT2D eigenvalue weighted by molar-refractivity contribution is -0.140. The third-order valence-electron chi connectivity index (χ3n) is 3.05. The van der Waals surface area contributed by atoms with Gasteiger partial charge in [-0.1, -0.05) is 29.3 Å². The summed E-state index contributed by atoms with van der Waals surface area (Å²) in [7, 11) is 1.41.